The third-order valence-corrected chi connectivity index (χ3v) is 3.23. The van der Waals surface area contributed by atoms with Gasteiger partial charge in [-0.3, -0.25) is 9.59 Å². The lowest BCUT2D eigenvalue weighted by molar-refractivity contribution is -0.134. The quantitative estimate of drug-likeness (QED) is 0.784. The van der Waals surface area contributed by atoms with E-state index in [9.17, 15) is 9.59 Å². The van der Waals surface area contributed by atoms with Gasteiger partial charge in [-0.1, -0.05) is 33.1 Å². The maximum atomic E-state index is 12.2. The summed E-state index contributed by atoms with van der Waals surface area (Å²) in [5.74, 6) is 0.296. The molecule has 4 heteroatoms. The van der Waals surface area contributed by atoms with Gasteiger partial charge in [-0.15, -0.1) is 0 Å². The number of amides is 2. The van der Waals surface area contributed by atoms with Gasteiger partial charge < -0.3 is 10.6 Å². The highest BCUT2D eigenvalue weighted by Crippen LogP contribution is 2.28. The molecule has 1 rings (SSSR count). The third-order valence-electron chi connectivity index (χ3n) is 3.23. The zero-order valence-corrected chi connectivity index (χ0v) is 11.1. The molecule has 0 unspecified atom stereocenters. The summed E-state index contributed by atoms with van der Waals surface area (Å²) >= 11 is 0. The Morgan fingerprint density at radius 2 is 1.76 bits per heavy atom. The number of carbonyl (C=O) groups excluding carboxylic acids is 2. The lowest BCUT2D eigenvalue weighted by Crippen LogP contribution is -2.59. The summed E-state index contributed by atoms with van der Waals surface area (Å²) in [6, 6.07) is 0. The molecule has 1 aliphatic carbocycles. The van der Waals surface area contributed by atoms with Gasteiger partial charge in [-0.05, 0) is 18.8 Å². The fourth-order valence-electron chi connectivity index (χ4n) is 2.37. The van der Waals surface area contributed by atoms with Crippen LogP contribution in [0.2, 0.25) is 0 Å². The first-order chi connectivity index (χ1) is 7.96. The minimum Gasteiger partial charge on any atom is -0.354 e. The summed E-state index contributed by atoms with van der Waals surface area (Å²) in [7, 11) is 0. The van der Waals surface area contributed by atoms with E-state index >= 15 is 0 Å². The van der Waals surface area contributed by atoms with Gasteiger partial charge >= 0.3 is 0 Å². The highest BCUT2D eigenvalue weighted by molar-refractivity contribution is 5.91. The van der Waals surface area contributed by atoms with Crippen LogP contribution in [0, 0.1) is 5.92 Å². The smallest absolute Gasteiger partial charge is 0.245 e. The van der Waals surface area contributed by atoms with Gasteiger partial charge in [-0.2, -0.15) is 0 Å². The van der Waals surface area contributed by atoms with E-state index < -0.39 is 5.54 Å². The highest BCUT2D eigenvalue weighted by atomic mass is 16.2. The van der Waals surface area contributed by atoms with Gasteiger partial charge in [0, 0.05) is 13.5 Å². The first-order valence-corrected chi connectivity index (χ1v) is 6.53. The van der Waals surface area contributed by atoms with E-state index in [0.29, 0.717) is 12.5 Å². The molecule has 2 amide bonds. The number of nitrogens with one attached hydrogen (secondary N) is 2. The van der Waals surface area contributed by atoms with E-state index in [2.05, 4.69) is 24.5 Å². The van der Waals surface area contributed by atoms with Crippen molar-refractivity contribution in [3.05, 3.63) is 0 Å². The first kappa shape index (κ1) is 14.0. The van der Waals surface area contributed by atoms with Crippen LogP contribution in [-0.4, -0.2) is 23.9 Å². The summed E-state index contributed by atoms with van der Waals surface area (Å²) in [5.41, 5.74) is -0.654. The number of carbonyl (C=O) groups is 2. The molecule has 0 atom stereocenters. The van der Waals surface area contributed by atoms with Crippen molar-refractivity contribution >= 4 is 11.8 Å². The van der Waals surface area contributed by atoms with Gasteiger partial charge in [0.05, 0.1) is 0 Å². The lowest BCUT2D eigenvalue weighted by atomic mass is 9.80. The average molecular weight is 240 g/mol. The standard InChI is InChI=1S/C13H24N2O2/c1-10(2)9-14-12(17)13(15-11(3)16)7-5-4-6-8-13/h10H,4-9H2,1-3H3,(H,14,17)(H,15,16). The van der Waals surface area contributed by atoms with Gasteiger partial charge in [0.25, 0.3) is 0 Å². The molecule has 0 radical (unpaired) electrons. The second-order valence-electron chi connectivity index (χ2n) is 5.43. The summed E-state index contributed by atoms with van der Waals surface area (Å²) in [6.45, 7) is 6.27. The van der Waals surface area contributed by atoms with Crippen molar-refractivity contribution in [3.63, 3.8) is 0 Å². The van der Waals surface area contributed by atoms with Gasteiger partial charge in [0.1, 0.15) is 5.54 Å². The van der Waals surface area contributed by atoms with Crippen LogP contribution in [0.25, 0.3) is 0 Å². The molecule has 0 bridgehead atoms. The van der Waals surface area contributed by atoms with E-state index in [0.717, 1.165) is 32.1 Å². The van der Waals surface area contributed by atoms with Crippen LogP contribution in [-0.2, 0) is 9.59 Å². The molecule has 4 nitrogen and oxygen atoms in total. The van der Waals surface area contributed by atoms with Crippen LogP contribution in [0.3, 0.4) is 0 Å². The summed E-state index contributed by atoms with van der Waals surface area (Å²) in [6.07, 6.45) is 4.69. The molecule has 0 spiro atoms. The molecule has 1 aliphatic rings. The Bertz CT molecular complexity index is 281. The van der Waals surface area contributed by atoms with Crippen LogP contribution in [0.5, 0.6) is 0 Å². The Hall–Kier alpha value is -1.06. The topological polar surface area (TPSA) is 58.2 Å². The van der Waals surface area contributed by atoms with Gasteiger partial charge in [-0.25, -0.2) is 0 Å². The number of hydrogen-bond donors (Lipinski definition) is 2. The van der Waals surface area contributed by atoms with Crippen molar-refractivity contribution in [2.45, 2.75) is 58.4 Å². The van der Waals surface area contributed by atoms with Gasteiger partial charge in [0.2, 0.25) is 11.8 Å². The molecule has 98 valence electrons. The zero-order chi connectivity index (χ0) is 12.9. The summed E-state index contributed by atoms with van der Waals surface area (Å²) in [4.78, 5) is 23.5. The second kappa shape index (κ2) is 6.03. The minimum atomic E-state index is -0.654. The second-order valence-corrected chi connectivity index (χ2v) is 5.43. The summed E-state index contributed by atoms with van der Waals surface area (Å²) in [5, 5.41) is 5.81. The van der Waals surface area contributed by atoms with Crippen LogP contribution < -0.4 is 10.6 Å². The molecule has 0 saturated heterocycles. The van der Waals surface area contributed by atoms with E-state index in [-0.39, 0.29) is 11.8 Å². The first-order valence-electron chi connectivity index (χ1n) is 6.53. The maximum absolute atomic E-state index is 12.2. The molecule has 1 saturated carbocycles. The molecule has 0 aliphatic heterocycles. The molecule has 0 heterocycles. The Kier molecular flexibility index (Phi) is 4.97. The Labute approximate surface area is 104 Å². The predicted octanol–water partition coefficient (Wildman–Crippen LogP) is 1.60. The average Bonchev–Trinajstić information content (AvgIpc) is 2.26. The van der Waals surface area contributed by atoms with Crippen LogP contribution in [0.4, 0.5) is 0 Å². The van der Waals surface area contributed by atoms with Crippen molar-refractivity contribution in [3.8, 4) is 0 Å². The molecule has 17 heavy (non-hydrogen) atoms. The Morgan fingerprint density at radius 3 is 2.24 bits per heavy atom. The normalized spacial score (nSPS) is 18.8. The van der Waals surface area contributed by atoms with Crippen molar-refractivity contribution < 1.29 is 9.59 Å². The Balaban J connectivity index is 2.67. The van der Waals surface area contributed by atoms with E-state index in [1.165, 1.54) is 6.92 Å². The number of rotatable bonds is 4. The molecular formula is C13H24N2O2. The van der Waals surface area contributed by atoms with Crippen LogP contribution in [0.15, 0.2) is 0 Å². The predicted molar refractivity (Wildman–Crippen MR) is 67.5 cm³/mol. The van der Waals surface area contributed by atoms with E-state index in [1.807, 2.05) is 0 Å². The van der Waals surface area contributed by atoms with Crippen LogP contribution in [0.1, 0.15) is 52.9 Å². The molecule has 0 aromatic carbocycles. The van der Waals surface area contributed by atoms with Crippen molar-refractivity contribution in [1.29, 1.82) is 0 Å². The van der Waals surface area contributed by atoms with Crippen molar-refractivity contribution in [2.75, 3.05) is 6.54 Å². The SMILES string of the molecule is CC(=O)NC1(C(=O)NCC(C)C)CCCCC1. The Morgan fingerprint density at radius 1 is 1.18 bits per heavy atom. The fraction of sp³-hybridized carbons (Fsp3) is 0.846. The minimum absolute atomic E-state index is 0.0129. The van der Waals surface area contributed by atoms with Gasteiger partial charge in [0.15, 0.2) is 0 Å². The van der Waals surface area contributed by atoms with E-state index in [1.54, 1.807) is 0 Å². The zero-order valence-electron chi connectivity index (χ0n) is 11.1. The monoisotopic (exact) mass is 240 g/mol. The van der Waals surface area contributed by atoms with Crippen molar-refractivity contribution in [1.82, 2.24) is 10.6 Å². The highest BCUT2D eigenvalue weighted by Gasteiger charge is 2.39. The number of hydrogen-bond acceptors (Lipinski definition) is 2. The molecular weight excluding hydrogens is 216 g/mol. The van der Waals surface area contributed by atoms with E-state index in [4.69, 9.17) is 0 Å². The molecule has 1 fully saturated rings. The van der Waals surface area contributed by atoms with Crippen molar-refractivity contribution in [2.24, 2.45) is 5.92 Å². The molecule has 0 aromatic heterocycles. The third kappa shape index (κ3) is 4.02. The van der Waals surface area contributed by atoms with Crippen LogP contribution >= 0.6 is 0 Å². The fourth-order valence-corrected chi connectivity index (χ4v) is 2.37. The molecule has 0 aromatic rings. The lowest BCUT2D eigenvalue weighted by Gasteiger charge is -2.36. The largest absolute Gasteiger partial charge is 0.354 e. The molecule has 2 N–H and O–H groups in total. The summed E-state index contributed by atoms with van der Waals surface area (Å²) < 4.78 is 0. The maximum Gasteiger partial charge on any atom is 0.245 e.